The van der Waals surface area contributed by atoms with Crippen molar-refractivity contribution < 1.29 is 14.4 Å². The molecule has 0 aliphatic heterocycles. The van der Waals surface area contributed by atoms with E-state index in [0.717, 1.165) is 10.0 Å². The van der Waals surface area contributed by atoms with E-state index in [4.69, 9.17) is 9.47 Å². The molecule has 2 rings (SSSR count). The minimum atomic E-state index is -0.474. The molecule has 0 aliphatic rings. The standard InChI is InChI=1S/C20H19BrN2O4/c1-4-26-19-11-14(10-18(21)20(19)27-13(2)3)9-16(12-22)15-5-7-17(8-6-15)23(24)25/h5-11,13H,4H2,1-3H3/b16-9-. The van der Waals surface area contributed by atoms with Crippen molar-refractivity contribution in [3.63, 3.8) is 0 Å². The first-order valence-electron chi connectivity index (χ1n) is 8.35. The minimum Gasteiger partial charge on any atom is -0.490 e. The lowest BCUT2D eigenvalue weighted by molar-refractivity contribution is -0.384. The van der Waals surface area contributed by atoms with Crippen LogP contribution in [0.2, 0.25) is 0 Å². The number of allylic oxidation sites excluding steroid dienone is 1. The largest absolute Gasteiger partial charge is 0.490 e. The molecule has 0 amide bonds. The smallest absolute Gasteiger partial charge is 0.269 e. The van der Waals surface area contributed by atoms with Crippen molar-refractivity contribution >= 4 is 33.3 Å². The molecule has 2 aromatic rings. The summed E-state index contributed by atoms with van der Waals surface area (Å²) in [6, 6.07) is 11.6. The summed E-state index contributed by atoms with van der Waals surface area (Å²) < 4.78 is 12.2. The summed E-state index contributed by atoms with van der Waals surface area (Å²) in [6.45, 7) is 6.21. The zero-order chi connectivity index (χ0) is 20.0. The predicted molar refractivity (Wildman–Crippen MR) is 108 cm³/mol. The molecule has 0 spiro atoms. The summed E-state index contributed by atoms with van der Waals surface area (Å²) in [7, 11) is 0. The lowest BCUT2D eigenvalue weighted by atomic mass is 10.0. The van der Waals surface area contributed by atoms with Crippen LogP contribution in [0.25, 0.3) is 11.6 Å². The second-order valence-corrected chi connectivity index (χ2v) is 6.76. The van der Waals surface area contributed by atoms with Crippen molar-refractivity contribution in [3.05, 3.63) is 62.1 Å². The summed E-state index contributed by atoms with van der Waals surface area (Å²) >= 11 is 3.50. The van der Waals surface area contributed by atoms with Crippen LogP contribution < -0.4 is 9.47 Å². The van der Waals surface area contributed by atoms with Gasteiger partial charge in [-0.05, 0) is 78.2 Å². The molecule has 140 valence electrons. The van der Waals surface area contributed by atoms with E-state index in [9.17, 15) is 15.4 Å². The van der Waals surface area contributed by atoms with Crippen LogP contribution in [0.5, 0.6) is 11.5 Å². The molecule has 7 heteroatoms. The maximum absolute atomic E-state index is 10.8. The van der Waals surface area contributed by atoms with E-state index >= 15 is 0 Å². The van der Waals surface area contributed by atoms with Gasteiger partial charge >= 0.3 is 0 Å². The molecule has 0 aliphatic carbocycles. The van der Waals surface area contributed by atoms with Gasteiger partial charge in [-0.25, -0.2) is 0 Å². The lowest BCUT2D eigenvalue weighted by Crippen LogP contribution is -2.08. The Hall–Kier alpha value is -2.85. The fraction of sp³-hybridized carbons (Fsp3) is 0.250. The van der Waals surface area contributed by atoms with Crippen LogP contribution in [0.4, 0.5) is 5.69 Å². The first kappa shape index (κ1) is 20.5. The molecule has 27 heavy (non-hydrogen) atoms. The van der Waals surface area contributed by atoms with Crippen molar-refractivity contribution in [1.82, 2.24) is 0 Å². The highest BCUT2D eigenvalue weighted by Crippen LogP contribution is 2.38. The van der Waals surface area contributed by atoms with E-state index in [1.807, 2.05) is 26.8 Å². The minimum absolute atomic E-state index is 0.0170. The van der Waals surface area contributed by atoms with Crippen molar-refractivity contribution in [2.24, 2.45) is 0 Å². The van der Waals surface area contributed by atoms with Gasteiger partial charge in [0, 0.05) is 12.1 Å². The van der Waals surface area contributed by atoms with Crippen LogP contribution in [0, 0.1) is 21.4 Å². The van der Waals surface area contributed by atoms with E-state index in [1.54, 1.807) is 24.3 Å². The maximum atomic E-state index is 10.8. The predicted octanol–water partition coefficient (Wildman–Crippen LogP) is 5.61. The highest BCUT2D eigenvalue weighted by molar-refractivity contribution is 9.10. The molecule has 0 unspecified atom stereocenters. The number of non-ortho nitro benzene ring substituents is 1. The second-order valence-electron chi connectivity index (χ2n) is 5.90. The van der Waals surface area contributed by atoms with Gasteiger partial charge in [0.25, 0.3) is 5.69 Å². The molecule has 0 atom stereocenters. The molecule has 2 aromatic carbocycles. The third-order valence-electron chi connectivity index (χ3n) is 3.51. The number of ether oxygens (including phenoxy) is 2. The van der Waals surface area contributed by atoms with Crippen LogP contribution in [0.1, 0.15) is 31.9 Å². The Bertz CT molecular complexity index is 899. The normalized spacial score (nSPS) is 11.2. The SMILES string of the molecule is CCOc1cc(/C=C(/C#N)c2ccc([N+](=O)[O-])cc2)cc(Br)c1OC(C)C. The summed E-state index contributed by atoms with van der Waals surface area (Å²) in [5, 5.41) is 20.3. The van der Waals surface area contributed by atoms with Crippen LogP contribution in [-0.4, -0.2) is 17.6 Å². The van der Waals surface area contributed by atoms with Crippen LogP contribution in [0.3, 0.4) is 0 Å². The van der Waals surface area contributed by atoms with Crippen molar-refractivity contribution in [2.75, 3.05) is 6.61 Å². The van der Waals surface area contributed by atoms with Crippen molar-refractivity contribution in [1.29, 1.82) is 5.26 Å². The molecule has 0 aromatic heterocycles. The summed E-state index contributed by atoms with van der Waals surface area (Å²) in [6.07, 6.45) is 1.69. The van der Waals surface area contributed by atoms with E-state index < -0.39 is 4.92 Å². The molecule has 0 N–H and O–H groups in total. The Morgan fingerprint density at radius 2 is 2.00 bits per heavy atom. The van der Waals surface area contributed by atoms with Crippen LogP contribution in [-0.2, 0) is 0 Å². The molecular formula is C20H19BrN2O4. The zero-order valence-corrected chi connectivity index (χ0v) is 16.8. The number of nitro groups is 1. The number of nitriles is 1. The van der Waals surface area contributed by atoms with Gasteiger partial charge in [-0.1, -0.05) is 0 Å². The van der Waals surface area contributed by atoms with Gasteiger partial charge in [0.05, 0.1) is 33.7 Å². The number of nitrogens with zero attached hydrogens (tertiary/aromatic N) is 2. The second kappa shape index (κ2) is 9.19. The van der Waals surface area contributed by atoms with E-state index in [-0.39, 0.29) is 11.8 Å². The Balaban J connectivity index is 2.45. The van der Waals surface area contributed by atoms with Gasteiger partial charge in [0.15, 0.2) is 11.5 Å². The Morgan fingerprint density at radius 1 is 1.33 bits per heavy atom. The monoisotopic (exact) mass is 430 g/mol. The third-order valence-corrected chi connectivity index (χ3v) is 4.09. The van der Waals surface area contributed by atoms with Gasteiger partial charge in [0.2, 0.25) is 0 Å². The molecule has 0 saturated carbocycles. The molecule has 0 saturated heterocycles. The summed E-state index contributed by atoms with van der Waals surface area (Å²) in [5.74, 6) is 1.19. The lowest BCUT2D eigenvalue weighted by Gasteiger charge is -2.17. The quantitative estimate of drug-likeness (QED) is 0.246. The average molecular weight is 431 g/mol. The van der Waals surface area contributed by atoms with Crippen molar-refractivity contribution in [3.8, 4) is 17.6 Å². The number of hydrogen-bond donors (Lipinski definition) is 0. The summed E-state index contributed by atoms with van der Waals surface area (Å²) in [5.41, 5.74) is 1.71. The van der Waals surface area contributed by atoms with Crippen molar-refractivity contribution in [2.45, 2.75) is 26.9 Å². The van der Waals surface area contributed by atoms with Crippen LogP contribution in [0.15, 0.2) is 40.9 Å². The number of hydrogen-bond acceptors (Lipinski definition) is 5. The Labute approximate surface area is 166 Å². The highest BCUT2D eigenvalue weighted by Gasteiger charge is 2.14. The fourth-order valence-corrected chi connectivity index (χ4v) is 2.95. The van der Waals surface area contributed by atoms with E-state index in [2.05, 4.69) is 22.0 Å². The number of rotatable bonds is 7. The maximum Gasteiger partial charge on any atom is 0.269 e. The molecule has 0 heterocycles. The fourth-order valence-electron chi connectivity index (χ4n) is 2.39. The van der Waals surface area contributed by atoms with Crippen LogP contribution >= 0.6 is 15.9 Å². The van der Waals surface area contributed by atoms with Gasteiger partial charge in [-0.2, -0.15) is 5.26 Å². The molecule has 6 nitrogen and oxygen atoms in total. The summed E-state index contributed by atoms with van der Waals surface area (Å²) in [4.78, 5) is 10.3. The number of benzene rings is 2. The third kappa shape index (κ3) is 5.31. The molecule has 0 radical (unpaired) electrons. The first-order valence-corrected chi connectivity index (χ1v) is 9.14. The average Bonchev–Trinajstić information content (AvgIpc) is 2.62. The zero-order valence-electron chi connectivity index (χ0n) is 15.2. The Morgan fingerprint density at radius 3 is 2.52 bits per heavy atom. The van der Waals surface area contributed by atoms with Gasteiger partial charge in [-0.3, -0.25) is 10.1 Å². The molecule has 0 bridgehead atoms. The van der Waals surface area contributed by atoms with Gasteiger partial charge < -0.3 is 9.47 Å². The highest BCUT2D eigenvalue weighted by atomic mass is 79.9. The van der Waals surface area contributed by atoms with E-state index in [0.29, 0.717) is 29.2 Å². The first-order chi connectivity index (χ1) is 12.8. The number of nitro benzene ring substituents is 1. The van der Waals surface area contributed by atoms with Gasteiger partial charge in [0.1, 0.15) is 0 Å². The van der Waals surface area contributed by atoms with E-state index in [1.165, 1.54) is 12.1 Å². The topological polar surface area (TPSA) is 85.4 Å². The molecule has 0 fully saturated rings. The Kier molecular flexibility index (Phi) is 6.97. The molecular weight excluding hydrogens is 412 g/mol. The number of halogens is 1. The van der Waals surface area contributed by atoms with Gasteiger partial charge in [-0.15, -0.1) is 0 Å².